The third-order valence-corrected chi connectivity index (χ3v) is 4.14. The van der Waals surface area contributed by atoms with Crippen molar-refractivity contribution in [2.45, 2.75) is 24.8 Å². The molecule has 2 rings (SSSR count). The Morgan fingerprint density at radius 2 is 2.05 bits per heavy atom. The van der Waals surface area contributed by atoms with Crippen molar-refractivity contribution in [2.24, 2.45) is 5.92 Å². The molecule has 1 N–H and O–H groups in total. The van der Waals surface area contributed by atoms with Gasteiger partial charge in [-0.1, -0.05) is 26.0 Å². The molecular formula is C15H17NOS2. The summed E-state index contributed by atoms with van der Waals surface area (Å²) in [5, 5.41) is 5.13. The fourth-order valence-corrected chi connectivity index (χ4v) is 3.08. The average molecular weight is 291 g/mol. The molecule has 1 amide bonds. The minimum absolute atomic E-state index is 0.0519. The molecule has 0 saturated heterocycles. The van der Waals surface area contributed by atoms with Gasteiger partial charge < -0.3 is 5.32 Å². The number of carbonyl (C=O) groups is 1. The van der Waals surface area contributed by atoms with Gasteiger partial charge in [0, 0.05) is 15.3 Å². The first-order valence-electron chi connectivity index (χ1n) is 6.21. The van der Waals surface area contributed by atoms with Crippen molar-refractivity contribution in [1.29, 1.82) is 0 Å². The second kappa shape index (κ2) is 6.26. The molecule has 1 unspecified atom stereocenters. The highest BCUT2D eigenvalue weighted by Crippen LogP contribution is 2.26. The number of thiophene rings is 1. The molecule has 0 spiro atoms. The van der Waals surface area contributed by atoms with E-state index in [2.05, 4.69) is 37.9 Å². The number of carbonyl (C=O) groups excluding carboxylic acids is 1. The lowest BCUT2D eigenvalue weighted by Crippen LogP contribution is -2.31. The standard InChI is InChI=1S/C15H17NOS2/c1-10(2)14(13-7-4-8-19-13)16-15(17)11-5-3-6-12(18)9-11/h3-10,14,18H,1-2H3,(H,16,17). The molecule has 19 heavy (non-hydrogen) atoms. The number of hydrogen-bond acceptors (Lipinski definition) is 3. The molecule has 2 nitrogen and oxygen atoms in total. The van der Waals surface area contributed by atoms with Crippen LogP contribution in [0.2, 0.25) is 0 Å². The van der Waals surface area contributed by atoms with Crippen molar-refractivity contribution in [3.63, 3.8) is 0 Å². The van der Waals surface area contributed by atoms with Crippen LogP contribution in [-0.2, 0) is 0 Å². The molecule has 100 valence electrons. The van der Waals surface area contributed by atoms with Gasteiger partial charge in [-0.05, 0) is 35.6 Å². The summed E-state index contributed by atoms with van der Waals surface area (Å²) in [5.41, 5.74) is 0.648. The highest BCUT2D eigenvalue weighted by molar-refractivity contribution is 7.80. The first-order valence-corrected chi connectivity index (χ1v) is 7.54. The predicted molar refractivity (Wildman–Crippen MR) is 83.1 cm³/mol. The molecule has 4 heteroatoms. The van der Waals surface area contributed by atoms with Gasteiger partial charge in [0.25, 0.3) is 5.91 Å². The maximum atomic E-state index is 12.3. The fourth-order valence-electron chi connectivity index (χ4n) is 1.91. The van der Waals surface area contributed by atoms with Gasteiger partial charge in [-0.2, -0.15) is 0 Å². The van der Waals surface area contributed by atoms with Gasteiger partial charge in [0.05, 0.1) is 6.04 Å². The van der Waals surface area contributed by atoms with Crippen LogP contribution in [0.5, 0.6) is 0 Å². The Labute approximate surface area is 123 Å². The lowest BCUT2D eigenvalue weighted by molar-refractivity contribution is 0.0926. The minimum Gasteiger partial charge on any atom is -0.344 e. The summed E-state index contributed by atoms with van der Waals surface area (Å²) in [4.78, 5) is 14.2. The summed E-state index contributed by atoms with van der Waals surface area (Å²) in [7, 11) is 0. The van der Waals surface area contributed by atoms with Crippen LogP contribution in [0.1, 0.15) is 35.1 Å². The van der Waals surface area contributed by atoms with Crippen LogP contribution in [-0.4, -0.2) is 5.91 Å². The highest BCUT2D eigenvalue weighted by Gasteiger charge is 2.19. The summed E-state index contributed by atoms with van der Waals surface area (Å²) in [6, 6.07) is 11.4. The number of rotatable bonds is 4. The minimum atomic E-state index is -0.0528. The van der Waals surface area contributed by atoms with Gasteiger partial charge in [-0.3, -0.25) is 4.79 Å². The number of amides is 1. The van der Waals surface area contributed by atoms with Gasteiger partial charge in [0.1, 0.15) is 0 Å². The zero-order valence-electron chi connectivity index (χ0n) is 11.0. The molecule has 0 fully saturated rings. The second-order valence-electron chi connectivity index (χ2n) is 4.76. The fraction of sp³-hybridized carbons (Fsp3) is 0.267. The van der Waals surface area contributed by atoms with E-state index in [-0.39, 0.29) is 11.9 Å². The molecular weight excluding hydrogens is 274 g/mol. The third kappa shape index (κ3) is 3.61. The lowest BCUT2D eigenvalue weighted by atomic mass is 10.0. The molecule has 1 heterocycles. The smallest absolute Gasteiger partial charge is 0.251 e. The molecule has 0 radical (unpaired) electrons. The zero-order valence-corrected chi connectivity index (χ0v) is 12.7. The monoisotopic (exact) mass is 291 g/mol. The normalized spacial score (nSPS) is 12.4. The highest BCUT2D eigenvalue weighted by atomic mass is 32.1. The van der Waals surface area contributed by atoms with Crippen molar-refractivity contribution in [3.05, 3.63) is 52.2 Å². The van der Waals surface area contributed by atoms with Gasteiger partial charge in [-0.15, -0.1) is 24.0 Å². The number of nitrogens with one attached hydrogen (secondary N) is 1. The largest absolute Gasteiger partial charge is 0.344 e. The average Bonchev–Trinajstić information content (AvgIpc) is 2.88. The Hall–Kier alpha value is -1.26. The van der Waals surface area contributed by atoms with Crippen LogP contribution in [0.15, 0.2) is 46.7 Å². The summed E-state index contributed by atoms with van der Waals surface area (Å²) in [6.07, 6.45) is 0. The Balaban J connectivity index is 2.16. The van der Waals surface area contributed by atoms with E-state index in [1.165, 1.54) is 4.88 Å². The summed E-state index contributed by atoms with van der Waals surface area (Å²) in [5.74, 6) is 0.296. The Morgan fingerprint density at radius 1 is 1.26 bits per heavy atom. The molecule has 0 aliphatic heterocycles. The number of benzene rings is 1. The molecule has 1 atom stereocenters. The first kappa shape index (κ1) is 14.2. The summed E-state index contributed by atoms with van der Waals surface area (Å²) >= 11 is 5.93. The van der Waals surface area contributed by atoms with E-state index in [1.54, 1.807) is 23.5 Å². The van der Waals surface area contributed by atoms with Crippen LogP contribution in [0, 0.1) is 5.92 Å². The van der Waals surface area contributed by atoms with E-state index in [4.69, 9.17) is 0 Å². The van der Waals surface area contributed by atoms with E-state index >= 15 is 0 Å². The summed E-state index contributed by atoms with van der Waals surface area (Å²) in [6.45, 7) is 4.22. The molecule has 0 bridgehead atoms. The summed E-state index contributed by atoms with van der Waals surface area (Å²) < 4.78 is 0. The maximum Gasteiger partial charge on any atom is 0.251 e. The van der Waals surface area contributed by atoms with Crippen LogP contribution < -0.4 is 5.32 Å². The lowest BCUT2D eigenvalue weighted by Gasteiger charge is -2.21. The van der Waals surface area contributed by atoms with Crippen molar-refractivity contribution in [3.8, 4) is 0 Å². The van der Waals surface area contributed by atoms with Gasteiger partial charge in [0.15, 0.2) is 0 Å². The van der Waals surface area contributed by atoms with E-state index in [0.29, 0.717) is 11.5 Å². The van der Waals surface area contributed by atoms with E-state index in [9.17, 15) is 4.79 Å². The second-order valence-corrected chi connectivity index (χ2v) is 6.26. The topological polar surface area (TPSA) is 29.1 Å². The SMILES string of the molecule is CC(C)C(NC(=O)c1cccc(S)c1)c1cccs1. The van der Waals surface area contributed by atoms with Crippen molar-refractivity contribution >= 4 is 29.9 Å². The maximum absolute atomic E-state index is 12.3. The molecule has 1 aromatic heterocycles. The Kier molecular flexibility index (Phi) is 4.66. The molecule has 0 saturated carbocycles. The Morgan fingerprint density at radius 3 is 2.63 bits per heavy atom. The predicted octanol–water partition coefficient (Wildman–Crippen LogP) is 4.16. The van der Waals surface area contributed by atoms with Gasteiger partial charge in [-0.25, -0.2) is 0 Å². The first-order chi connectivity index (χ1) is 9.08. The zero-order chi connectivity index (χ0) is 13.8. The molecule has 0 aliphatic carbocycles. The van der Waals surface area contributed by atoms with Crippen LogP contribution in [0.4, 0.5) is 0 Å². The number of thiol groups is 1. The Bertz CT molecular complexity index is 549. The molecule has 0 aliphatic rings. The molecule has 1 aromatic carbocycles. The van der Waals surface area contributed by atoms with E-state index in [1.807, 2.05) is 23.6 Å². The van der Waals surface area contributed by atoms with Crippen LogP contribution in [0.25, 0.3) is 0 Å². The van der Waals surface area contributed by atoms with E-state index < -0.39 is 0 Å². The third-order valence-electron chi connectivity index (χ3n) is 2.91. The van der Waals surface area contributed by atoms with Crippen LogP contribution in [0.3, 0.4) is 0 Å². The quantitative estimate of drug-likeness (QED) is 0.814. The van der Waals surface area contributed by atoms with Crippen molar-refractivity contribution in [2.75, 3.05) is 0 Å². The van der Waals surface area contributed by atoms with Gasteiger partial charge in [0.2, 0.25) is 0 Å². The van der Waals surface area contributed by atoms with Gasteiger partial charge >= 0.3 is 0 Å². The van der Waals surface area contributed by atoms with Crippen molar-refractivity contribution < 1.29 is 4.79 Å². The molecule has 2 aromatic rings. The number of hydrogen-bond donors (Lipinski definition) is 2. The van der Waals surface area contributed by atoms with Crippen molar-refractivity contribution in [1.82, 2.24) is 5.32 Å². The van der Waals surface area contributed by atoms with Crippen LogP contribution >= 0.6 is 24.0 Å². The van der Waals surface area contributed by atoms with E-state index in [0.717, 1.165) is 4.90 Å².